The molecule has 2 aromatic carbocycles. The van der Waals surface area contributed by atoms with Crippen LogP contribution in [0.3, 0.4) is 0 Å². The fourth-order valence-electron chi connectivity index (χ4n) is 6.34. The van der Waals surface area contributed by atoms with Crippen molar-refractivity contribution < 1.29 is 33.4 Å². The molecule has 1 unspecified atom stereocenters. The first-order valence-electron chi connectivity index (χ1n) is 17.6. The molecule has 0 saturated heterocycles. The summed E-state index contributed by atoms with van der Waals surface area (Å²) in [5.74, 6) is 2.41. The number of amides is 4. The normalized spacial score (nSPS) is 13.7. The number of hydrogen-bond acceptors (Lipinski definition) is 9. The lowest BCUT2D eigenvalue weighted by Crippen LogP contribution is -2.50. The Kier molecular flexibility index (Phi) is 11.4. The summed E-state index contributed by atoms with van der Waals surface area (Å²) < 4.78 is 15.5. The Labute approximate surface area is 306 Å². The summed E-state index contributed by atoms with van der Waals surface area (Å²) in [5, 5.41) is 7.79. The molecule has 4 amide bonds. The van der Waals surface area contributed by atoms with Gasteiger partial charge in [0, 0.05) is 37.1 Å². The van der Waals surface area contributed by atoms with Crippen LogP contribution in [-0.2, 0) is 31.9 Å². The van der Waals surface area contributed by atoms with Gasteiger partial charge in [0.2, 0.25) is 11.8 Å². The average molecular weight is 725 g/mol. The molecule has 0 radical (unpaired) electrons. The molecule has 2 aromatic heterocycles. The maximum atomic E-state index is 13.5. The average Bonchev–Trinajstić information content (AvgIpc) is 3.96. The molecule has 4 heterocycles. The van der Waals surface area contributed by atoms with Crippen LogP contribution in [0.5, 0.6) is 11.5 Å². The largest absolute Gasteiger partial charge is 0.457 e. The summed E-state index contributed by atoms with van der Waals surface area (Å²) in [5.41, 5.74) is 6.41. The molecule has 278 valence electrons. The zero-order valence-corrected chi connectivity index (χ0v) is 30.2. The van der Waals surface area contributed by atoms with Crippen molar-refractivity contribution in [2.75, 3.05) is 33.9 Å². The first-order chi connectivity index (χ1) is 25.6. The predicted octanol–water partition coefficient (Wildman–Crippen LogP) is 4.91. The number of benzene rings is 2. The van der Waals surface area contributed by atoms with Gasteiger partial charge in [0.05, 0.1) is 50.2 Å². The van der Waals surface area contributed by atoms with Crippen molar-refractivity contribution >= 4 is 29.7 Å². The number of carbonyl (C=O) groups is 4. The number of aromatic nitrogens is 4. The lowest BCUT2D eigenvalue weighted by molar-refractivity contribution is -0.130. The minimum atomic E-state index is -0.735. The second kappa shape index (κ2) is 16.5. The smallest absolute Gasteiger partial charge is 0.407 e. The van der Waals surface area contributed by atoms with Crippen LogP contribution in [-0.4, -0.2) is 88.7 Å². The van der Waals surface area contributed by atoms with Gasteiger partial charge >= 0.3 is 12.2 Å². The lowest BCUT2D eigenvalue weighted by Gasteiger charge is -2.27. The van der Waals surface area contributed by atoms with Crippen molar-refractivity contribution in [2.24, 2.45) is 5.92 Å². The highest BCUT2D eigenvalue weighted by Crippen LogP contribution is 2.40. The van der Waals surface area contributed by atoms with Crippen LogP contribution in [0.15, 0.2) is 54.9 Å². The molecule has 15 heteroatoms. The molecule has 0 bridgehead atoms. The van der Waals surface area contributed by atoms with Crippen molar-refractivity contribution in [3.63, 3.8) is 0 Å². The third kappa shape index (κ3) is 8.68. The highest BCUT2D eigenvalue weighted by Gasteiger charge is 2.33. The van der Waals surface area contributed by atoms with Crippen LogP contribution in [0.4, 0.5) is 9.59 Å². The molecule has 0 saturated carbocycles. The third-order valence-electron chi connectivity index (χ3n) is 9.17. The second-order valence-corrected chi connectivity index (χ2v) is 13.2. The Morgan fingerprint density at radius 1 is 0.887 bits per heavy atom. The fourth-order valence-corrected chi connectivity index (χ4v) is 6.34. The quantitative estimate of drug-likeness (QED) is 0.105. The number of nitrogens with zero attached hydrogens (tertiary/aromatic N) is 3. The molecule has 4 aromatic rings. The first-order valence-corrected chi connectivity index (χ1v) is 17.6. The topological polar surface area (TPSA) is 193 Å². The number of nitrogens with one attached hydrogen (secondary N) is 5. The van der Waals surface area contributed by atoms with E-state index in [2.05, 4.69) is 52.8 Å². The van der Waals surface area contributed by atoms with E-state index in [0.717, 1.165) is 70.2 Å². The van der Waals surface area contributed by atoms with Gasteiger partial charge in [0.15, 0.2) is 5.82 Å². The van der Waals surface area contributed by atoms with Gasteiger partial charge in [0.1, 0.15) is 23.4 Å². The number of ether oxygens (including phenoxy) is 3. The summed E-state index contributed by atoms with van der Waals surface area (Å²) in [6.45, 7) is 4.63. The maximum Gasteiger partial charge on any atom is 0.407 e. The predicted molar refractivity (Wildman–Crippen MR) is 196 cm³/mol. The van der Waals surface area contributed by atoms with Crippen LogP contribution < -0.4 is 20.7 Å². The van der Waals surface area contributed by atoms with E-state index in [1.54, 1.807) is 11.1 Å². The Balaban J connectivity index is 1.07. The standard InChI is InChI=1S/C38H44N8O7/c1-22(2)34(45-38(50)52-4)36(48)46-15-7-8-29(46)35-41-20-28(44-35)24-11-13-31-26(17-24)18-25-16-23(10-12-30(25)53-31)27-19-40-32(43-27)9-5-6-14-39-33(47)21-42-37(49)51-3/h8,10-13,16-17,19-20,22,34H,5-7,9,14-15,18,21H2,1-4H3,(H,39,47)(H,40,43)(H,41,44)(H,42,49)(H,45,50). The summed E-state index contributed by atoms with van der Waals surface area (Å²) in [4.78, 5) is 66.0. The Bertz CT molecular complexity index is 2020. The molecule has 0 spiro atoms. The number of alkyl carbamates (subject to hydrolysis) is 2. The summed E-state index contributed by atoms with van der Waals surface area (Å²) in [6.07, 6.45) is 7.95. The van der Waals surface area contributed by atoms with Crippen molar-refractivity contribution in [3.05, 3.63) is 77.6 Å². The van der Waals surface area contributed by atoms with E-state index in [9.17, 15) is 19.2 Å². The molecule has 0 fully saturated rings. The van der Waals surface area contributed by atoms with Crippen LogP contribution >= 0.6 is 0 Å². The number of aryl methyl sites for hydroxylation is 1. The van der Waals surface area contributed by atoms with Gasteiger partial charge in [-0.25, -0.2) is 19.6 Å². The number of methoxy groups -OCH3 is 2. The van der Waals surface area contributed by atoms with Gasteiger partial charge in [-0.2, -0.15) is 0 Å². The van der Waals surface area contributed by atoms with Crippen molar-refractivity contribution in [2.45, 2.75) is 52.0 Å². The molecule has 1 atom stereocenters. The minimum Gasteiger partial charge on any atom is -0.457 e. The molecule has 6 rings (SSSR count). The number of hydrogen-bond donors (Lipinski definition) is 5. The van der Waals surface area contributed by atoms with Crippen LogP contribution in [0, 0.1) is 5.92 Å². The van der Waals surface area contributed by atoms with Crippen molar-refractivity contribution in [1.29, 1.82) is 0 Å². The fraction of sp³-hybridized carbons (Fsp3) is 0.368. The van der Waals surface area contributed by atoms with Gasteiger partial charge in [-0.15, -0.1) is 0 Å². The number of imidazole rings is 2. The molecular weight excluding hydrogens is 680 g/mol. The minimum absolute atomic E-state index is 0.125. The van der Waals surface area contributed by atoms with E-state index in [1.807, 2.05) is 50.4 Å². The Hall–Kier alpha value is -6.12. The molecule has 5 N–H and O–H groups in total. The first kappa shape index (κ1) is 36.7. The number of carbonyl (C=O) groups excluding carboxylic acids is 4. The number of aromatic amines is 2. The molecule has 2 aliphatic heterocycles. The number of rotatable bonds is 13. The zero-order valence-electron chi connectivity index (χ0n) is 30.2. The van der Waals surface area contributed by atoms with Crippen molar-refractivity contribution in [3.8, 4) is 34.0 Å². The van der Waals surface area contributed by atoms with Gasteiger partial charge in [-0.05, 0) is 72.7 Å². The summed E-state index contributed by atoms with van der Waals surface area (Å²) in [6, 6.07) is 11.4. The van der Waals surface area contributed by atoms with Gasteiger partial charge < -0.3 is 45.0 Å². The van der Waals surface area contributed by atoms with Crippen LogP contribution in [0.2, 0.25) is 0 Å². The van der Waals surface area contributed by atoms with E-state index in [4.69, 9.17) is 9.47 Å². The van der Waals surface area contributed by atoms with E-state index >= 15 is 0 Å². The second-order valence-electron chi connectivity index (χ2n) is 13.2. The highest BCUT2D eigenvalue weighted by molar-refractivity contribution is 5.93. The zero-order chi connectivity index (χ0) is 37.5. The maximum absolute atomic E-state index is 13.5. The highest BCUT2D eigenvalue weighted by atomic mass is 16.5. The summed E-state index contributed by atoms with van der Waals surface area (Å²) >= 11 is 0. The number of unbranched alkanes of at least 4 members (excludes halogenated alkanes) is 1. The summed E-state index contributed by atoms with van der Waals surface area (Å²) in [7, 11) is 2.52. The van der Waals surface area contributed by atoms with Gasteiger partial charge in [-0.3, -0.25) is 9.59 Å². The lowest BCUT2D eigenvalue weighted by atomic mass is 9.96. The van der Waals surface area contributed by atoms with E-state index in [1.165, 1.54) is 14.2 Å². The van der Waals surface area contributed by atoms with E-state index in [-0.39, 0.29) is 24.3 Å². The van der Waals surface area contributed by atoms with Crippen LogP contribution in [0.25, 0.3) is 28.2 Å². The number of H-pyrrole nitrogens is 2. The molecule has 53 heavy (non-hydrogen) atoms. The molecular formula is C38H44N8O7. The van der Waals surface area contributed by atoms with Gasteiger partial charge in [0.25, 0.3) is 0 Å². The SMILES string of the molecule is COC(=O)NCC(=O)NCCCCc1ncc(-c2ccc3c(c2)Cc2cc(-c4cnc(C5=CCCN5C(=O)C(NC(=O)OC)C(C)C)[nH]4)ccc2O3)[nH]1. The monoisotopic (exact) mass is 724 g/mol. The van der Waals surface area contributed by atoms with Crippen LogP contribution in [0.1, 0.15) is 55.9 Å². The van der Waals surface area contributed by atoms with Gasteiger partial charge in [-0.1, -0.05) is 19.9 Å². The molecule has 0 aliphatic carbocycles. The van der Waals surface area contributed by atoms with E-state index < -0.39 is 18.2 Å². The Morgan fingerprint density at radius 2 is 1.57 bits per heavy atom. The van der Waals surface area contributed by atoms with E-state index in [0.29, 0.717) is 37.5 Å². The Morgan fingerprint density at radius 3 is 2.25 bits per heavy atom. The number of fused-ring (bicyclic) bond motifs is 2. The molecule has 15 nitrogen and oxygen atoms in total. The third-order valence-corrected chi connectivity index (χ3v) is 9.17. The van der Waals surface area contributed by atoms with Crippen molar-refractivity contribution in [1.82, 2.24) is 40.8 Å². The molecule has 2 aliphatic rings.